The number of fused-ring (bicyclic) bond motifs is 2. The molecule has 0 aliphatic carbocycles. The summed E-state index contributed by atoms with van der Waals surface area (Å²) in [6.45, 7) is 0.205. The molecule has 11 heteroatoms. The molecule has 2 aliphatic rings. The van der Waals surface area contributed by atoms with Crippen molar-refractivity contribution in [2.24, 2.45) is 5.14 Å². The minimum atomic E-state index is -3.94. The highest BCUT2D eigenvalue weighted by Crippen LogP contribution is 2.39. The largest absolute Gasteiger partial charge is 0.395 e. The molecule has 116 valence electrons. The van der Waals surface area contributed by atoms with Gasteiger partial charge in [0.2, 0.25) is 10.0 Å². The van der Waals surface area contributed by atoms with E-state index in [1.807, 2.05) is 0 Å². The van der Waals surface area contributed by atoms with Crippen LogP contribution in [0.25, 0.3) is 6.08 Å². The second-order valence-corrected chi connectivity index (χ2v) is 9.68. The van der Waals surface area contributed by atoms with Crippen LogP contribution in [0.1, 0.15) is 5.56 Å². The van der Waals surface area contributed by atoms with E-state index in [1.165, 1.54) is 10.4 Å². The van der Waals surface area contributed by atoms with Gasteiger partial charge < -0.3 is 10.4 Å². The first-order valence-corrected chi connectivity index (χ1v) is 9.78. The molecular weight excluding hydrogens is 338 g/mol. The molecule has 2 aliphatic heterocycles. The summed E-state index contributed by atoms with van der Waals surface area (Å²) < 4.78 is 48.9. The van der Waals surface area contributed by atoms with Crippen molar-refractivity contribution in [2.45, 2.75) is 14.5 Å². The fraction of sp³-hybridized carbons (Fsp3) is 0.400. The number of sulfonamides is 2. The number of rotatable bonds is 2. The molecule has 1 aromatic rings. The Kier molecular flexibility index (Phi) is 3.39. The molecule has 21 heavy (non-hydrogen) atoms. The van der Waals surface area contributed by atoms with Crippen LogP contribution in [0.15, 0.2) is 20.2 Å². The van der Waals surface area contributed by atoms with Crippen LogP contribution in [0.4, 0.5) is 0 Å². The van der Waals surface area contributed by atoms with E-state index in [2.05, 4.69) is 5.32 Å². The van der Waals surface area contributed by atoms with Crippen molar-refractivity contribution in [3.8, 4) is 0 Å². The average molecular weight is 351 g/mol. The number of aliphatic hydroxyl groups is 1. The topological polar surface area (TPSA) is 130 Å². The molecular formula is C10H13N3O5S3. The molecule has 0 radical (unpaired) electrons. The van der Waals surface area contributed by atoms with Crippen molar-refractivity contribution in [3.05, 3.63) is 17.3 Å². The molecule has 0 bridgehead atoms. The van der Waals surface area contributed by atoms with Crippen LogP contribution in [0.5, 0.6) is 0 Å². The Morgan fingerprint density at radius 1 is 1.52 bits per heavy atom. The van der Waals surface area contributed by atoms with Gasteiger partial charge in [-0.05, 0) is 12.1 Å². The van der Waals surface area contributed by atoms with Crippen LogP contribution in [0.2, 0.25) is 0 Å². The molecule has 0 amide bonds. The van der Waals surface area contributed by atoms with Crippen LogP contribution < -0.4 is 10.5 Å². The number of hydrogen-bond donors (Lipinski definition) is 3. The van der Waals surface area contributed by atoms with Crippen LogP contribution in [-0.2, 0) is 20.0 Å². The van der Waals surface area contributed by atoms with Gasteiger partial charge in [0.15, 0.2) is 0 Å². The zero-order chi connectivity index (χ0) is 15.4. The Labute approximate surface area is 126 Å². The van der Waals surface area contributed by atoms with Crippen molar-refractivity contribution in [1.82, 2.24) is 9.62 Å². The van der Waals surface area contributed by atoms with Crippen molar-refractivity contribution in [2.75, 3.05) is 19.7 Å². The van der Waals surface area contributed by atoms with E-state index in [4.69, 9.17) is 10.2 Å². The number of thiophene rings is 1. The van der Waals surface area contributed by atoms with Gasteiger partial charge in [-0.3, -0.25) is 4.31 Å². The Bertz CT molecular complexity index is 824. The first-order chi connectivity index (χ1) is 9.73. The van der Waals surface area contributed by atoms with Gasteiger partial charge >= 0.3 is 0 Å². The normalized spacial score (nSPS) is 24.2. The number of primary sulfonamides is 1. The summed E-state index contributed by atoms with van der Waals surface area (Å²) in [5.74, 6) is 0. The fourth-order valence-electron chi connectivity index (χ4n) is 2.30. The molecule has 4 N–H and O–H groups in total. The highest BCUT2D eigenvalue weighted by atomic mass is 32.3. The maximum absolute atomic E-state index is 12.6. The first kappa shape index (κ1) is 14.9. The summed E-state index contributed by atoms with van der Waals surface area (Å²) in [5, 5.41) is 17.2. The predicted molar refractivity (Wildman–Crippen MR) is 76.4 cm³/mol. The molecule has 3 heterocycles. The second-order valence-electron chi connectivity index (χ2n) is 4.79. The van der Waals surface area contributed by atoms with E-state index in [9.17, 15) is 16.8 Å². The Hall–Kier alpha value is -0.980. The Balaban J connectivity index is 2.13. The maximum atomic E-state index is 12.6. The van der Waals surface area contributed by atoms with Gasteiger partial charge in [-0.1, -0.05) is 0 Å². The molecule has 3 rings (SSSR count). The van der Waals surface area contributed by atoms with E-state index in [0.29, 0.717) is 22.6 Å². The van der Waals surface area contributed by atoms with E-state index in [0.717, 1.165) is 0 Å². The molecule has 1 atom stereocenters. The summed E-state index contributed by atoms with van der Waals surface area (Å²) in [6.07, 6.45) is 1.63. The number of nitrogens with one attached hydrogen (secondary N) is 1. The summed E-state index contributed by atoms with van der Waals surface area (Å²) in [5.41, 5.74) is 0.852. The van der Waals surface area contributed by atoms with Gasteiger partial charge in [-0.15, -0.1) is 11.3 Å². The Morgan fingerprint density at radius 2 is 2.24 bits per heavy atom. The number of aliphatic hydroxyl groups excluding tert-OH is 1. The standard InChI is InChI=1S/C10H13N3O5S3/c11-20(15,16)9-2-6-1-8-3-12-7(5-14)4-13(8)21(17,18)10(6)19-9/h1-2,7,12,14H,3-5H2,(H2,11,15,16). The number of piperazine rings is 1. The molecule has 1 unspecified atom stereocenters. The van der Waals surface area contributed by atoms with E-state index < -0.39 is 20.0 Å². The summed E-state index contributed by atoms with van der Waals surface area (Å²) >= 11 is 0.644. The second kappa shape index (κ2) is 4.76. The van der Waals surface area contributed by atoms with E-state index >= 15 is 0 Å². The Morgan fingerprint density at radius 3 is 2.86 bits per heavy atom. The monoisotopic (exact) mass is 351 g/mol. The van der Waals surface area contributed by atoms with Gasteiger partial charge in [0.25, 0.3) is 10.0 Å². The van der Waals surface area contributed by atoms with Crippen LogP contribution in [0, 0.1) is 0 Å². The SMILES string of the molecule is NS(=O)(=O)c1cc2c(s1)S(=O)(=O)N1CC(CO)NCC1=C2. The van der Waals surface area contributed by atoms with Gasteiger partial charge in [0, 0.05) is 23.8 Å². The minimum Gasteiger partial charge on any atom is -0.395 e. The highest BCUT2D eigenvalue weighted by Gasteiger charge is 2.38. The zero-order valence-corrected chi connectivity index (χ0v) is 13.1. The lowest BCUT2D eigenvalue weighted by Crippen LogP contribution is -2.53. The van der Waals surface area contributed by atoms with Crippen molar-refractivity contribution in [3.63, 3.8) is 0 Å². The highest BCUT2D eigenvalue weighted by molar-refractivity contribution is 7.94. The maximum Gasteiger partial charge on any atom is 0.274 e. The fourth-order valence-corrected chi connectivity index (χ4v) is 6.45. The van der Waals surface area contributed by atoms with E-state index in [-0.39, 0.29) is 34.2 Å². The van der Waals surface area contributed by atoms with Crippen LogP contribution in [0.3, 0.4) is 0 Å². The molecule has 1 fully saturated rings. The quantitative estimate of drug-likeness (QED) is 0.607. The smallest absolute Gasteiger partial charge is 0.274 e. The van der Waals surface area contributed by atoms with Crippen LogP contribution in [-0.4, -0.2) is 52.0 Å². The van der Waals surface area contributed by atoms with Crippen molar-refractivity contribution >= 4 is 37.5 Å². The molecule has 1 aromatic heterocycles. The molecule has 0 spiro atoms. The number of nitrogens with two attached hydrogens (primary N) is 1. The van der Waals surface area contributed by atoms with Gasteiger partial charge in [0.05, 0.1) is 13.2 Å². The predicted octanol–water partition coefficient (Wildman–Crippen LogP) is -1.30. The third-order valence-electron chi connectivity index (χ3n) is 3.33. The van der Waals surface area contributed by atoms with Gasteiger partial charge in [-0.2, -0.15) is 0 Å². The summed E-state index contributed by atoms with van der Waals surface area (Å²) in [7, 11) is -7.76. The number of nitrogens with zero attached hydrogens (tertiary/aromatic N) is 1. The first-order valence-electron chi connectivity index (χ1n) is 5.97. The lowest BCUT2D eigenvalue weighted by atomic mass is 10.2. The lowest BCUT2D eigenvalue weighted by Gasteiger charge is -2.37. The van der Waals surface area contributed by atoms with Crippen molar-refractivity contribution < 1.29 is 21.9 Å². The third kappa shape index (κ3) is 2.39. The molecule has 8 nitrogen and oxygen atoms in total. The average Bonchev–Trinajstić information content (AvgIpc) is 2.83. The zero-order valence-electron chi connectivity index (χ0n) is 10.7. The van der Waals surface area contributed by atoms with E-state index in [1.54, 1.807) is 6.08 Å². The van der Waals surface area contributed by atoms with Gasteiger partial charge in [-0.25, -0.2) is 22.0 Å². The molecule has 1 saturated heterocycles. The minimum absolute atomic E-state index is 0.0335. The summed E-state index contributed by atoms with van der Waals surface area (Å²) in [6, 6.07) is 0.922. The van der Waals surface area contributed by atoms with Crippen LogP contribution >= 0.6 is 11.3 Å². The molecule has 0 saturated carbocycles. The lowest BCUT2D eigenvalue weighted by molar-refractivity contribution is 0.212. The summed E-state index contributed by atoms with van der Waals surface area (Å²) in [4.78, 5) is 0. The number of hydrogen-bond acceptors (Lipinski definition) is 7. The third-order valence-corrected chi connectivity index (χ3v) is 8.24. The van der Waals surface area contributed by atoms with Gasteiger partial charge in [0.1, 0.15) is 8.42 Å². The van der Waals surface area contributed by atoms with Crippen molar-refractivity contribution in [1.29, 1.82) is 0 Å². The molecule has 0 aromatic carbocycles.